The van der Waals surface area contributed by atoms with Crippen LogP contribution in [0.4, 0.5) is 4.79 Å². The van der Waals surface area contributed by atoms with E-state index in [0.29, 0.717) is 5.56 Å². The van der Waals surface area contributed by atoms with E-state index >= 15 is 0 Å². The Labute approximate surface area is 104 Å². The van der Waals surface area contributed by atoms with Gasteiger partial charge < -0.3 is 15.0 Å². The molecular formula is C8H8ClIN2O3. The zero-order valence-corrected chi connectivity index (χ0v) is 10.7. The van der Waals surface area contributed by atoms with Gasteiger partial charge in [0, 0.05) is 28.7 Å². The highest BCUT2D eigenvalue weighted by atomic mass is 127. The highest BCUT2D eigenvalue weighted by molar-refractivity contribution is 14.1. The lowest BCUT2D eigenvalue weighted by molar-refractivity contribution is 0.262. The molecule has 1 aromatic heterocycles. The van der Waals surface area contributed by atoms with Crippen LogP contribution in [0.5, 0.6) is 5.88 Å². The maximum absolute atomic E-state index is 11.5. The van der Waals surface area contributed by atoms with Gasteiger partial charge in [0.2, 0.25) is 5.88 Å². The van der Waals surface area contributed by atoms with E-state index in [1.54, 1.807) is 22.6 Å². The van der Waals surface area contributed by atoms with Crippen LogP contribution in [0.1, 0.15) is 5.56 Å². The maximum atomic E-state index is 11.5. The number of carbonyl (C=O) groups excluding carboxylic acids is 1. The van der Waals surface area contributed by atoms with E-state index in [1.807, 2.05) is 0 Å². The summed E-state index contributed by atoms with van der Waals surface area (Å²) in [6.07, 6.45) is 0. The molecule has 0 aromatic carbocycles. The molecule has 1 rings (SSSR count). The van der Waals surface area contributed by atoms with Crippen molar-refractivity contribution in [2.45, 2.75) is 6.54 Å². The average Bonchev–Trinajstić information content (AvgIpc) is 2.14. The third-order valence-electron chi connectivity index (χ3n) is 1.67. The van der Waals surface area contributed by atoms with Gasteiger partial charge in [0.15, 0.2) is 5.43 Å². The summed E-state index contributed by atoms with van der Waals surface area (Å²) >= 11 is 7.22. The molecule has 5 nitrogen and oxygen atoms in total. The maximum Gasteiger partial charge on any atom is 0.280 e. The number of aromatic amines is 1. The summed E-state index contributed by atoms with van der Waals surface area (Å²) in [6.45, 7) is 0.109. The molecule has 0 saturated heterocycles. The van der Waals surface area contributed by atoms with Gasteiger partial charge in [-0.05, 0) is 0 Å². The van der Waals surface area contributed by atoms with Crippen LogP contribution < -0.4 is 15.5 Å². The van der Waals surface area contributed by atoms with Gasteiger partial charge in [-0.1, -0.05) is 11.6 Å². The van der Waals surface area contributed by atoms with Crippen LogP contribution in [0, 0.1) is 0 Å². The number of nitrogens with one attached hydrogen (secondary N) is 2. The van der Waals surface area contributed by atoms with E-state index in [1.165, 1.54) is 13.2 Å². The largest absolute Gasteiger partial charge is 0.482 e. The third kappa shape index (κ3) is 3.38. The topological polar surface area (TPSA) is 71.2 Å². The molecule has 0 radical (unpaired) electrons. The number of methoxy groups -OCH3 is 1. The number of hydrogen-bond donors (Lipinski definition) is 2. The zero-order valence-electron chi connectivity index (χ0n) is 7.77. The summed E-state index contributed by atoms with van der Waals surface area (Å²) < 4.78 is 4.70. The number of halogens is 2. The minimum atomic E-state index is -0.277. The zero-order chi connectivity index (χ0) is 11.4. The second kappa shape index (κ2) is 5.36. The highest BCUT2D eigenvalue weighted by Gasteiger charge is 2.10. The van der Waals surface area contributed by atoms with E-state index in [2.05, 4.69) is 10.3 Å². The molecule has 0 aliphatic rings. The predicted molar refractivity (Wildman–Crippen MR) is 64.9 cm³/mol. The van der Waals surface area contributed by atoms with Gasteiger partial charge in [0.05, 0.1) is 19.2 Å². The number of ether oxygens (including phenoxy) is 1. The summed E-state index contributed by atoms with van der Waals surface area (Å²) in [7, 11) is 1.41. The fraction of sp³-hybridized carbons (Fsp3) is 0.250. The van der Waals surface area contributed by atoms with Crippen LogP contribution in [-0.2, 0) is 6.54 Å². The molecule has 0 aliphatic carbocycles. The minimum Gasteiger partial charge on any atom is -0.482 e. The van der Waals surface area contributed by atoms with E-state index in [9.17, 15) is 9.59 Å². The first kappa shape index (κ1) is 12.3. The molecule has 2 N–H and O–H groups in total. The van der Waals surface area contributed by atoms with Gasteiger partial charge >= 0.3 is 0 Å². The first-order valence-corrected chi connectivity index (χ1v) is 5.39. The smallest absolute Gasteiger partial charge is 0.280 e. The Bertz CT molecular complexity index is 432. The predicted octanol–water partition coefficient (Wildman–Crippen LogP) is 1.68. The van der Waals surface area contributed by atoms with Crippen LogP contribution in [0.2, 0.25) is 5.15 Å². The van der Waals surface area contributed by atoms with Crippen molar-refractivity contribution in [2.75, 3.05) is 7.11 Å². The van der Waals surface area contributed by atoms with Gasteiger partial charge in [0.25, 0.3) is 3.91 Å². The lowest BCUT2D eigenvalue weighted by atomic mass is 10.2. The fourth-order valence-corrected chi connectivity index (χ4v) is 1.41. The molecular weight excluding hydrogens is 334 g/mol. The standard InChI is InChI=1S/C8H8ClIN2O3/c1-15-7-4(3-11-8(10)14)5(13)2-6(9)12-7/h2H,3H2,1H3,(H,11,14)(H,12,13). The van der Waals surface area contributed by atoms with E-state index in [-0.39, 0.29) is 26.9 Å². The van der Waals surface area contributed by atoms with Gasteiger partial charge in [-0.3, -0.25) is 9.59 Å². The number of hydrogen-bond acceptors (Lipinski definition) is 3. The molecule has 0 spiro atoms. The average molecular weight is 343 g/mol. The SMILES string of the molecule is COc1[nH]c(Cl)cc(=O)c1CNC(=O)I. The van der Waals surface area contributed by atoms with Crippen molar-refractivity contribution < 1.29 is 9.53 Å². The second-order valence-electron chi connectivity index (χ2n) is 2.62. The highest BCUT2D eigenvalue weighted by Crippen LogP contribution is 2.14. The molecule has 1 amide bonds. The Kier molecular flexibility index (Phi) is 4.40. The monoisotopic (exact) mass is 342 g/mol. The van der Waals surface area contributed by atoms with Crippen molar-refractivity contribution in [2.24, 2.45) is 0 Å². The molecule has 0 bridgehead atoms. The van der Waals surface area contributed by atoms with Crippen molar-refractivity contribution in [3.05, 3.63) is 27.0 Å². The number of carbonyl (C=O) groups is 1. The van der Waals surface area contributed by atoms with Crippen LogP contribution in [0.3, 0.4) is 0 Å². The Morgan fingerprint density at radius 2 is 2.40 bits per heavy atom. The van der Waals surface area contributed by atoms with E-state index in [0.717, 1.165) is 0 Å². The number of aromatic nitrogens is 1. The molecule has 0 unspecified atom stereocenters. The summed E-state index contributed by atoms with van der Waals surface area (Å²) in [5.41, 5.74) is 0.0627. The lowest BCUT2D eigenvalue weighted by Gasteiger charge is -2.07. The molecule has 82 valence electrons. The number of amides is 1. The third-order valence-corrected chi connectivity index (χ3v) is 2.26. The van der Waals surface area contributed by atoms with Gasteiger partial charge in [-0.2, -0.15) is 0 Å². The molecule has 0 aliphatic heterocycles. The number of H-pyrrole nitrogens is 1. The van der Waals surface area contributed by atoms with Crippen molar-refractivity contribution in [3.63, 3.8) is 0 Å². The van der Waals surface area contributed by atoms with Crippen molar-refractivity contribution >= 4 is 38.1 Å². The summed E-state index contributed by atoms with van der Waals surface area (Å²) in [5, 5.41) is 2.70. The molecule has 0 fully saturated rings. The van der Waals surface area contributed by atoms with Crippen LogP contribution >= 0.6 is 34.2 Å². The first-order valence-electron chi connectivity index (χ1n) is 3.93. The Balaban J connectivity index is 3.04. The first-order chi connectivity index (χ1) is 7.04. The Morgan fingerprint density at radius 1 is 1.73 bits per heavy atom. The Morgan fingerprint density at radius 3 is 2.93 bits per heavy atom. The van der Waals surface area contributed by atoms with Crippen LogP contribution in [0.15, 0.2) is 10.9 Å². The number of pyridine rings is 1. The molecule has 15 heavy (non-hydrogen) atoms. The molecule has 1 aromatic rings. The second-order valence-corrected chi connectivity index (χ2v) is 4.01. The van der Waals surface area contributed by atoms with Crippen molar-refractivity contribution in [1.82, 2.24) is 10.3 Å². The quantitative estimate of drug-likeness (QED) is 0.380. The minimum absolute atomic E-state index is 0.109. The number of rotatable bonds is 3. The molecule has 1 heterocycles. The van der Waals surface area contributed by atoms with Gasteiger partial charge in [0.1, 0.15) is 5.15 Å². The summed E-state index contributed by atoms with van der Waals surface area (Å²) in [4.78, 5) is 24.9. The van der Waals surface area contributed by atoms with Gasteiger partial charge in [-0.15, -0.1) is 0 Å². The molecule has 0 saturated carbocycles. The fourth-order valence-electron chi connectivity index (χ4n) is 1.03. The summed E-state index contributed by atoms with van der Waals surface area (Å²) in [6, 6.07) is 1.23. The van der Waals surface area contributed by atoms with Crippen LogP contribution in [0.25, 0.3) is 0 Å². The lowest BCUT2D eigenvalue weighted by Crippen LogP contribution is -2.22. The van der Waals surface area contributed by atoms with Crippen molar-refractivity contribution in [1.29, 1.82) is 0 Å². The van der Waals surface area contributed by atoms with Crippen LogP contribution in [-0.4, -0.2) is 16.0 Å². The summed E-state index contributed by atoms with van der Waals surface area (Å²) in [5.74, 6) is 0.262. The molecule has 0 atom stereocenters. The van der Waals surface area contributed by atoms with E-state index in [4.69, 9.17) is 16.3 Å². The van der Waals surface area contributed by atoms with Crippen molar-refractivity contribution in [3.8, 4) is 5.88 Å². The van der Waals surface area contributed by atoms with E-state index < -0.39 is 0 Å². The van der Waals surface area contributed by atoms with Gasteiger partial charge in [-0.25, -0.2) is 0 Å². The normalized spacial score (nSPS) is 9.80. The molecule has 7 heteroatoms. The Hall–Kier alpha value is -0.760.